The number of urea groups is 1. The summed E-state index contributed by atoms with van der Waals surface area (Å²) in [7, 11) is 1.75. The highest BCUT2D eigenvalue weighted by Crippen LogP contribution is 2.20. The van der Waals surface area contributed by atoms with Gasteiger partial charge in [-0.25, -0.2) is 4.79 Å². The second kappa shape index (κ2) is 7.76. The van der Waals surface area contributed by atoms with E-state index in [0.717, 1.165) is 12.1 Å². The number of hydrogen-bond acceptors (Lipinski definition) is 4. The van der Waals surface area contributed by atoms with Crippen molar-refractivity contribution in [1.82, 2.24) is 15.0 Å². The van der Waals surface area contributed by atoms with E-state index < -0.39 is 0 Å². The predicted octanol–water partition coefficient (Wildman–Crippen LogP) is 3.60. The number of rotatable bonds is 6. The van der Waals surface area contributed by atoms with E-state index in [1.54, 1.807) is 18.9 Å². The van der Waals surface area contributed by atoms with Gasteiger partial charge in [0, 0.05) is 32.6 Å². The summed E-state index contributed by atoms with van der Waals surface area (Å²) in [6, 6.07) is 7.85. The average molecular weight is 316 g/mol. The fourth-order valence-corrected chi connectivity index (χ4v) is 2.16. The van der Waals surface area contributed by atoms with E-state index in [2.05, 4.69) is 41.4 Å². The zero-order chi connectivity index (χ0) is 16.8. The Morgan fingerprint density at radius 1 is 1.35 bits per heavy atom. The highest BCUT2D eigenvalue weighted by molar-refractivity contribution is 5.89. The Bertz CT molecular complexity index is 636. The molecule has 1 N–H and O–H groups in total. The van der Waals surface area contributed by atoms with Crippen molar-refractivity contribution in [2.24, 2.45) is 0 Å². The highest BCUT2D eigenvalue weighted by atomic mass is 16.5. The summed E-state index contributed by atoms with van der Waals surface area (Å²) in [5.41, 5.74) is 2.08. The summed E-state index contributed by atoms with van der Waals surface area (Å²) < 4.78 is 4.91. The van der Waals surface area contributed by atoms with Gasteiger partial charge in [-0.3, -0.25) is 0 Å². The summed E-state index contributed by atoms with van der Waals surface area (Å²) >= 11 is 0. The van der Waals surface area contributed by atoms with E-state index in [4.69, 9.17) is 4.52 Å². The van der Waals surface area contributed by atoms with Gasteiger partial charge in [-0.1, -0.05) is 31.1 Å². The Morgan fingerprint density at radius 3 is 2.61 bits per heavy atom. The van der Waals surface area contributed by atoms with Crippen LogP contribution in [0, 0.1) is 6.92 Å². The van der Waals surface area contributed by atoms with Crippen molar-refractivity contribution >= 4 is 11.7 Å². The topological polar surface area (TPSA) is 71.3 Å². The molecule has 0 unspecified atom stereocenters. The highest BCUT2D eigenvalue weighted by Gasteiger charge is 2.11. The summed E-state index contributed by atoms with van der Waals surface area (Å²) in [5, 5.41) is 6.71. The molecule has 2 aromatic rings. The fourth-order valence-electron chi connectivity index (χ4n) is 2.16. The molecule has 0 radical (unpaired) electrons. The first kappa shape index (κ1) is 17.0. The molecular formula is C17H24N4O2. The van der Waals surface area contributed by atoms with E-state index in [1.165, 1.54) is 5.56 Å². The molecule has 0 saturated heterocycles. The van der Waals surface area contributed by atoms with Crippen LogP contribution in [0.15, 0.2) is 28.8 Å². The minimum absolute atomic E-state index is 0.151. The van der Waals surface area contributed by atoms with Crippen LogP contribution in [0.4, 0.5) is 10.5 Å². The van der Waals surface area contributed by atoms with Gasteiger partial charge in [-0.15, -0.1) is 0 Å². The second-order valence-corrected chi connectivity index (χ2v) is 5.76. The van der Waals surface area contributed by atoms with Crippen molar-refractivity contribution < 1.29 is 9.32 Å². The molecule has 6 heteroatoms. The molecule has 0 spiro atoms. The van der Waals surface area contributed by atoms with Crippen LogP contribution in [0.25, 0.3) is 0 Å². The molecule has 1 atom stereocenters. The van der Waals surface area contributed by atoms with Crippen LogP contribution in [-0.4, -0.2) is 34.7 Å². The largest absolute Gasteiger partial charge is 0.340 e. The maximum absolute atomic E-state index is 12.2. The lowest BCUT2D eigenvalue weighted by molar-refractivity contribution is 0.222. The molecular weight excluding hydrogens is 292 g/mol. The first-order valence-electron chi connectivity index (χ1n) is 7.90. The number of hydrogen-bond donors (Lipinski definition) is 1. The summed E-state index contributed by atoms with van der Waals surface area (Å²) in [6.45, 7) is 6.63. The van der Waals surface area contributed by atoms with Gasteiger partial charge in [0.25, 0.3) is 0 Å². The summed E-state index contributed by atoms with van der Waals surface area (Å²) in [6.07, 6.45) is 1.66. The number of benzene rings is 1. The van der Waals surface area contributed by atoms with Crippen LogP contribution in [0.2, 0.25) is 0 Å². The molecule has 0 aliphatic carbocycles. The number of anilines is 1. The molecule has 1 aromatic carbocycles. The number of nitrogens with zero attached hydrogens (tertiary/aromatic N) is 3. The molecule has 0 bridgehead atoms. The summed E-state index contributed by atoms with van der Waals surface area (Å²) in [5.74, 6) is 1.68. The van der Waals surface area contributed by atoms with E-state index >= 15 is 0 Å². The number of carbonyl (C=O) groups excluding carboxylic acids is 1. The molecule has 2 rings (SSSR count). The standard InChI is InChI=1S/C17H24N4O2/c1-5-12(2)14-6-8-15(9-7-14)19-17(22)21(4)11-10-16-18-13(3)23-20-16/h6-9,12H,5,10-11H2,1-4H3,(H,19,22)/t12-/m0/s1. The van der Waals surface area contributed by atoms with Crippen LogP contribution >= 0.6 is 0 Å². The predicted molar refractivity (Wildman–Crippen MR) is 89.5 cm³/mol. The minimum Gasteiger partial charge on any atom is -0.340 e. The number of nitrogens with one attached hydrogen (secondary N) is 1. The molecule has 0 aliphatic rings. The van der Waals surface area contributed by atoms with E-state index in [1.807, 2.05) is 12.1 Å². The quantitative estimate of drug-likeness (QED) is 0.884. The monoisotopic (exact) mass is 316 g/mol. The number of aryl methyl sites for hydroxylation is 1. The third kappa shape index (κ3) is 4.81. The number of carbonyl (C=O) groups is 1. The fraction of sp³-hybridized carbons (Fsp3) is 0.471. The van der Waals surface area contributed by atoms with Crippen LogP contribution in [0.5, 0.6) is 0 Å². The zero-order valence-corrected chi connectivity index (χ0v) is 14.2. The van der Waals surface area contributed by atoms with Gasteiger partial charge in [0.2, 0.25) is 5.89 Å². The molecule has 0 saturated carbocycles. The number of amides is 2. The smallest absolute Gasteiger partial charge is 0.321 e. The molecule has 0 aliphatic heterocycles. The van der Waals surface area contributed by atoms with Gasteiger partial charge in [-0.2, -0.15) is 4.98 Å². The van der Waals surface area contributed by atoms with Gasteiger partial charge in [0.05, 0.1) is 0 Å². The first-order chi connectivity index (χ1) is 11.0. The van der Waals surface area contributed by atoms with Crippen molar-refractivity contribution in [2.45, 2.75) is 39.5 Å². The maximum atomic E-state index is 12.2. The van der Waals surface area contributed by atoms with Crippen LogP contribution in [0.3, 0.4) is 0 Å². The normalized spacial score (nSPS) is 12.0. The van der Waals surface area contributed by atoms with Gasteiger partial charge >= 0.3 is 6.03 Å². The summed E-state index contributed by atoms with van der Waals surface area (Å²) in [4.78, 5) is 17.9. The third-order valence-electron chi connectivity index (χ3n) is 3.93. The molecule has 1 heterocycles. The van der Waals surface area contributed by atoms with Crippen molar-refractivity contribution in [1.29, 1.82) is 0 Å². The van der Waals surface area contributed by atoms with E-state index in [-0.39, 0.29) is 6.03 Å². The average Bonchev–Trinajstić information content (AvgIpc) is 2.98. The van der Waals surface area contributed by atoms with E-state index in [0.29, 0.717) is 30.6 Å². The molecule has 2 amide bonds. The van der Waals surface area contributed by atoms with Crippen LogP contribution in [0.1, 0.15) is 43.5 Å². The van der Waals surface area contributed by atoms with Gasteiger partial charge < -0.3 is 14.7 Å². The lowest BCUT2D eigenvalue weighted by Gasteiger charge is -2.17. The van der Waals surface area contributed by atoms with Gasteiger partial charge in [-0.05, 0) is 30.0 Å². The van der Waals surface area contributed by atoms with Gasteiger partial charge in [0.15, 0.2) is 5.82 Å². The number of likely N-dealkylation sites (N-methyl/N-ethyl adjacent to an activating group) is 1. The van der Waals surface area contributed by atoms with Crippen molar-refractivity contribution in [3.8, 4) is 0 Å². The van der Waals surface area contributed by atoms with E-state index in [9.17, 15) is 4.79 Å². The second-order valence-electron chi connectivity index (χ2n) is 5.76. The lowest BCUT2D eigenvalue weighted by Crippen LogP contribution is -2.33. The zero-order valence-electron chi connectivity index (χ0n) is 14.2. The SMILES string of the molecule is CC[C@H](C)c1ccc(NC(=O)N(C)CCc2noc(C)n2)cc1. The maximum Gasteiger partial charge on any atom is 0.321 e. The van der Waals surface area contributed by atoms with Gasteiger partial charge in [0.1, 0.15) is 0 Å². The third-order valence-corrected chi connectivity index (χ3v) is 3.93. The minimum atomic E-state index is -0.151. The van der Waals surface area contributed by atoms with Crippen LogP contribution in [-0.2, 0) is 6.42 Å². The van der Waals surface area contributed by atoms with Crippen molar-refractivity contribution in [3.05, 3.63) is 41.5 Å². The van der Waals surface area contributed by atoms with Crippen molar-refractivity contribution in [3.63, 3.8) is 0 Å². The van der Waals surface area contributed by atoms with Crippen molar-refractivity contribution in [2.75, 3.05) is 18.9 Å². The number of aromatic nitrogens is 2. The Hall–Kier alpha value is -2.37. The first-order valence-corrected chi connectivity index (χ1v) is 7.90. The van der Waals surface area contributed by atoms with Crippen LogP contribution < -0.4 is 5.32 Å². The molecule has 124 valence electrons. The Kier molecular flexibility index (Phi) is 5.73. The molecule has 6 nitrogen and oxygen atoms in total. The Balaban J connectivity index is 1.85. The Labute approximate surface area is 136 Å². The molecule has 23 heavy (non-hydrogen) atoms. The molecule has 1 aromatic heterocycles. The lowest BCUT2D eigenvalue weighted by atomic mass is 9.99. The molecule has 0 fully saturated rings. The Morgan fingerprint density at radius 2 is 2.04 bits per heavy atom.